The molecule has 1 saturated carbocycles. The number of hydrogen-bond acceptors (Lipinski definition) is 2. The Kier molecular flexibility index (Phi) is 4.36. The van der Waals surface area contributed by atoms with E-state index in [2.05, 4.69) is 35.6 Å². The first kappa shape index (κ1) is 13.6. The van der Waals surface area contributed by atoms with E-state index >= 15 is 0 Å². The molecule has 3 nitrogen and oxygen atoms in total. The molecule has 1 aliphatic heterocycles. The summed E-state index contributed by atoms with van der Waals surface area (Å²) in [6.07, 6.45) is 5.61. The Morgan fingerprint density at radius 3 is 2.55 bits per heavy atom. The smallest absolute Gasteiger partial charge is 0.223 e. The molecule has 0 radical (unpaired) electrons. The minimum absolute atomic E-state index is 0.317. The van der Waals surface area contributed by atoms with Crippen LogP contribution in [0.2, 0.25) is 0 Å². The fraction of sp³-hybridized carbons (Fsp3) is 0.588. The van der Waals surface area contributed by atoms with E-state index in [1.54, 1.807) is 0 Å². The van der Waals surface area contributed by atoms with E-state index in [9.17, 15) is 4.79 Å². The lowest BCUT2D eigenvalue weighted by atomic mass is 10.0. The second-order valence-corrected chi connectivity index (χ2v) is 6.02. The van der Waals surface area contributed by atoms with E-state index < -0.39 is 0 Å². The summed E-state index contributed by atoms with van der Waals surface area (Å²) in [6.45, 7) is 2.72. The van der Waals surface area contributed by atoms with Crippen LogP contribution in [-0.2, 0) is 4.79 Å². The molecular formula is C17H24N2O. The molecule has 3 rings (SSSR count). The predicted octanol–water partition coefficient (Wildman–Crippen LogP) is 2.74. The molecule has 2 fully saturated rings. The average molecular weight is 272 g/mol. The van der Waals surface area contributed by atoms with Gasteiger partial charge in [-0.05, 0) is 37.2 Å². The Bertz CT molecular complexity index is 436. The third kappa shape index (κ3) is 3.40. The summed E-state index contributed by atoms with van der Waals surface area (Å²) >= 11 is 0. The van der Waals surface area contributed by atoms with Crippen LogP contribution in [0.25, 0.3) is 0 Å². The van der Waals surface area contributed by atoms with Gasteiger partial charge in [0.25, 0.3) is 0 Å². The van der Waals surface area contributed by atoms with E-state index in [4.69, 9.17) is 0 Å². The molecule has 0 spiro atoms. The molecule has 1 N–H and O–H groups in total. The van der Waals surface area contributed by atoms with E-state index in [-0.39, 0.29) is 0 Å². The minimum Gasteiger partial charge on any atom is -0.343 e. The van der Waals surface area contributed by atoms with Crippen LogP contribution in [0.5, 0.6) is 0 Å². The lowest BCUT2D eigenvalue weighted by Crippen LogP contribution is -2.32. The fourth-order valence-corrected chi connectivity index (χ4v) is 3.11. The van der Waals surface area contributed by atoms with E-state index in [0.29, 0.717) is 18.4 Å². The van der Waals surface area contributed by atoms with Crippen LogP contribution < -0.4 is 5.32 Å². The molecule has 0 bridgehead atoms. The monoisotopic (exact) mass is 272 g/mol. The van der Waals surface area contributed by atoms with Crippen LogP contribution >= 0.6 is 0 Å². The summed E-state index contributed by atoms with van der Waals surface area (Å²) in [5, 5.41) is 3.60. The van der Waals surface area contributed by atoms with Crippen molar-refractivity contribution in [2.24, 2.45) is 5.92 Å². The van der Waals surface area contributed by atoms with Gasteiger partial charge in [-0.25, -0.2) is 0 Å². The Morgan fingerprint density at radius 2 is 1.90 bits per heavy atom. The third-order valence-electron chi connectivity index (χ3n) is 4.41. The first-order valence-electron chi connectivity index (χ1n) is 7.91. The van der Waals surface area contributed by atoms with Crippen LogP contribution in [0.15, 0.2) is 30.3 Å². The van der Waals surface area contributed by atoms with Gasteiger partial charge >= 0.3 is 0 Å². The van der Waals surface area contributed by atoms with Crippen molar-refractivity contribution in [3.63, 3.8) is 0 Å². The topological polar surface area (TPSA) is 32.3 Å². The summed E-state index contributed by atoms with van der Waals surface area (Å²) in [6, 6.07) is 11.1. The summed E-state index contributed by atoms with van der Waals surface area (Å²) in [4.78, 5) is 14.0. The van der Waals surface area contributed by atoms with E-state index in [1.807, 2.05) is 4.90 Å². The van der Waals surface area contributed by atoms with E-state index in [0.717, 1.165) is 25.6 Å². The van der Waals surface area contributed by atoms with Gasteiger partial charge < -0.3 is 10.2 Å². The van der Waals surface area contributed by atoms with Gasteiger partial charge in [0.05, 0.1) is 0 Å². The molecule has 1 atom stereocenters. The largest absolute Gasteiger partial charge is 0.343 e. The van der Waals surface area contributed by atoms with Gasteiger partial charge in [0.2, 0.25) is 5.91 Å². The van der Waals surface area contributed by atoms with Crippen molar-refractivity contribution >= 4 is 5.91 Å². The Hall–Kier alpha value is -1.35. The summed E-state index contributed by atoms with van der Waals surface area (Å²) < 4.78 is 0. The molecule has 1 amide bonds. The normalized spacial score (nSPS) is 20.1. The molecule has 1 heterocycles. The van der Waals surface area contributed by atoms with Crippen molar-refractivity contribution in [3.8, 4) is 0 Å². The van der Waals surface area contributed by atoms with Gasteiger partial charge in [-0.1, -0.05) is 30.3 Å². The van der Waals surface area contributed by atoms with Crippen molar-refractivity contribution in [1.82, 2.24) is 10.2 Å². The SMILES string of the molecule is O=C(CCNC(c1ccccc1)C1CC1)N1CCCC1. The molecule has 1 aliphatic carbocycles. The van der Waals surface area contributed by atoms with Gasteiger partial charge in [0.1, 0.15) is 0 Å². The molecule has 1 aromatic carbocycles. The lowest BCUT2D eigenvalue weighted by Gasteiger charge is -2.20. The highest BCUT2D eigenvalue weighted by Crippen LogP contribution is 2.40. The number of nitrogens with zero attached hydrogens (tertiary/aromatic N) is 1. The third-order valence-corrected chi connectivity index (χ3v) is 4.41. The predicted molar refractivity (Wildman–Crippen MR) is 80.3 cm³/mol. The Balaban J connectivity index is 1.49. The van der Waals surface area contributed by atoms with Gasteiger partial charge in [0, 0.05) is 32.1 Å². The van der Waals surface area contributed by atoms with Crippen LogP contribution in [-0.4, -0.2) is 30.4 Å². The Labute approximate surface area is 121 Å². The number of hydrogen-bond donors (Lipinski definition) is 1. The second kappa shape index (κ2) is 6.40. The molecule has 1 aromatic rings. The maximum Gasteiger partial charge on any atom is 0.223 e. The maximum absolute atomic E-state index is 12.0. The standard InChI is InChI=1S/C17H24N2O/c20-16(19-12-4-5-13-19)10-11-18-17(15-8-9-15)14-6-2-1-3-7-14/h1-3,6-7,15,17-18H,4-5,8-13H2. The molecule has 1 unspecified atom stereocenters. The lowest BCUT2D eigenvalue weighted by molar-refractivity contribution is -0.130. The number of likely N-dealkylation sites (tertiary alicyclic amines) is 1. The zero-order valence-electron chi connectivity index (χ0n) is 12.1. The van der Waals surface area contributed by atoms with Gasteiger partial charge in [-0.3, -0.25) is 4.79 Å². The quantitative estimate of drug-likeness (QED) is 0.863. The molecule has 0 aromatic heterocycles. The number of amides is 1. The number of carbonyl (C=O) groups is 1. The van der Waals surface area contributed by atoms with Gasteiger partial charge in [-0.2, -0.15) is 0 Å². The van der Waals surface area contributed by atoms with Crippen LogP contribution in [0.4, 0.5) is 0 Å². The van der Waals surface area contributed by atoms with Crippen LogP contribution in [0.3, 0.4) is 0 Å². The van der Waals surface area contributed by atoms with Crippen molar-refractivity contribution < 1.29 is 4.79 Å². The number of rotatable bonds is 6. The Morgan fingerprint density at radius 1 is 1.20 bits per heavy atom. The van der Waals surface area contributed by atoms with Crippen LogP contribution in [0, 0.1) is 5.92 Å². The summed E-state index contributed by atoms with van der Waals surface area (Å²) in [5.74, 6) is 1.08. The van der Waals surface area contributed by atoms with Crippen molar-refractivity contribution in [1.29, 1.82) is 0 Å². The minimum atomic E-state index is 0.317. The highest BCUT2D eigenvalue weighted by Gasteiger charge is 2.31. The number of nitrogens with one attached hydrogen (secondary N) is 1. The average Bonchev–Trinajstić information content (AvgIpc) is 3.17. The van der Waals surface area contributed by atoms with Crippen molar-refractivity contribution in [2.45, 2.75) is 38.1 Å². The zero-order valence-corrected chi connectivity index (χ0v) is 12.1. The zero-order chi connectivity index (χ0) is 13.8. The van der Waals surface area contributed by atoms with Crippen LogP contribution in [0.1, 0.15) is 43.7 Å². The summed E-state index contributed by atoms with van der Waals surface area (Å²) in [7, 11) is 0. The molecule has 2 aliphatic rings. The molecule has 1 saturated heterocycles. The molecular weight excluding hydrogens is 248 g/mol. The second-order valence-electron chi connectivity index (χ2n) is 6.02. The van der Waals surface area contributed by atoms with Crippen molar-refractivity contribution in [3.05, 3.63) is 35.9 Å². The summed E-state index contributed by atoms with van der Waals surface area (Å²) in [5.41, 5.74) is 1.36. The first-order valence-corrected chi connectivity index (χ1v) is 7.91. The fourth-order valence-electron chi connectivity index (χ4n) is 3.11. The van der Waals surface area contributed by atoms with Crippen molar-refractivity contribution in [2.75, 3.05) is 19.6 Å². The maximum atomic E-state index is 12.0. The highest BCUT2D eigenvalue weighted by atomic mass is 16.2. The molecule has 3 heteroatoms. The van der Waals surface area contributed by atoms with Gasteiger partial charge in [0.15, 0.2) is 0 Å². The highest BCUT2D eigenvalue weighted by molar-refractivity contribution is 5.76. The van der Waals surface area contributed by atoms with E-state index in [1.165, 1.54) is 31.2 Å². The molecule has 108 valence electrons. The first-order chi connectivity index (χ1) is 9.84. The van der Waals surface area contributed by atoms with Gasteiger partial charge in [-0.15, -0.1) is 0 Å². The number of benzene rings is 1. The number of carbonyl (C=O) groups excluding carboxylic acids is 1. The molecule has 20 heavy (non-hydrogen) atoms.